The third kappa shape index (κ3) is 3.96. The van der Waals surface area contributed by atoms with Gasteiger partial charge in [0.1, 0.15) is 5.75 Å². The molecule has 1 atom stereocenters. The van der Waals surface area contributed by atoms with Crippen LogP contribution in [0.5, 0.6) is 5.75 Å². The topological polar surface area (TPSA) is 61.7 Å². The lowest BCUT2D eigenvalue weighted by Crippen LogP contribution is -2.51. The number of nitrogens with one attached hydrogen (secondary N) is 1. The van der Waals surface area contributed by atoms with Crippen LogP contribution in [-0.4, -0.2) is 36.0 Å². The Morgan fingerprint density at radius 2 is 2.00 bits per heavy atom. The molecule has 21 heavy (non-hydrogen) atoms. The lowest BCUT2D eigenvalue weighted by molar-refractivity contribution is 0.0935. The largest absolute Gasteiger partial charge is 0.496 e. The van der Waals surface area contributed by atoms with Crippen molar-refractivity contribution in [1.29, 1.82) is 0 Å². The van der Waals surface area contributed by atoms with Crippen LogP contribution in [0.15, 0.2) is 18.2 Å². The van der Waals surface area contributed by atoms with Crippen molar-refractivity contribution in [2.75, 3.05) is 20.3 Å². The van der Waals surface area contributed by atoms with Crippen molar-refractivity contribution in [3.63, 3.8) is 0 Å². The van der Waals surface area contributed by atoms with Gasteiger partial charge in [0.2, 0.25) is 0 Å². The SMILES string of the molecule is COc1ccc(C)cc1C(O)CNC1(CO)CCCCC1. The summed E-state index contributed by atoms with van der Waals surface area (Å²) >= 11 is 0. The number of benzene rings is 1. The van der Waals surface area contributed by atoms with Gasteiger partial charge < -0.3 is 20.3 Å². The van der Waals surface area contributed by atoms with Gasteiger partial charge in [-0.15, -0.1) is 0 Å². The highest BCUT2D eigenvalue weighted by Crippen LogP contribution is 2.30. The first-order valence-corrected chi connectivity index (χ1v) is 7.79. The van der Waals surface area contributed by atoms with E-state index >= 15 is 0 Å². The van der Waals surface area contributed by atoms with Gasteiger partial charge in [-0.3, -0.25) is 0 Å². The van der Waals surface area contributed by atoms with Crippen molar-refractivity contribution in [2.45, 2.75) is 50.7 Å². The smallest absolute Gasteiger partial charge is 0.124 e. The number of hydrogen-bond donors (Lipinski definition) is 3. The van der Waals surface area contributed by atoms with E-state index in [0.29, 0.717) is 12.3 Å². The fourth-order valence-corrected chi connectivity index (χ4v) is 3.16. The minimum atomic E-state index is -0.634. The van der Waals surface area contributed by atoms with Crippen LogP contribution >= 0.6 is 0 Å². The Hall–Kier alpha value is -1.10. The van der Waals surface area contributed by atoms with Gasteiger partial charge in [0, 0.05) is 17.6 Å². The van der Waals surface area contributed by atoms with Crippen LogP contribution in [0.3, 0.4) is 0 Å². The van der Waals surface area contributed by atoms with Crippen LogP contribution in [0.2, 0.25) is 0 Å². The molecule has 1 aromatic rings. The molecule has 4 nitrogen and oxygen atoms in total. The zero-order valence-electron chi connectivity index (χ0n) is 13.1. The zero-order chi connectivity index (χ0) is 15.3. The summed E-state index contributed by atoms with van der Waals surface area (Å²) in [6.07, 6.45) is 4.82. The van der Waals surface area contributed by atoms with Gasteiger partial charge in [-0.05, 0) is 31.9 Å². The summed E-state index contributed by atoms with van der Waals surface area (Å²) in [6, 6.07) is 5.81. The maximum atomic E-state index is 10.5. The average Bonchev–Trinajstić information content (AvgIpc) is 2.53. The Balaban J connectivity index is 2.04. The first-order valence-electron chi connectivity index (χ1n) is 7.79. The summed E-state index contributed by atoms with van der Waals surface area (Å²) in [7, 11) is 1.62. The van der Waals surface area contributed by atoms with E-state index in [9.17, 15) is 10.2 Å². The normalized spacial score (nSPS) is 19.2. The van der Waals surface area contributed by atoms with Gasteiger partial charge in [0.05, 0.1) is 19.8 Å². The molecule has 4 heteroatoms. The van der Waals surface area contributed by atoms with Crippen molar-refractivity contribution >= 4 is 0 Å². The highest BCUT2D eigenvalue weighted by atomic mass is 16.5. The van der Waals surface area contributed by atoms with E-state index in [4.69, 9.17) is 4.74 Å². The molecule has 1 fully saturated rings. The van der Waals surface area contributed by atoms with Crippen LogP contribution in [0.1, 0.15) is 49.3 Å². The molecule has 1 aliphatic rings. The van der Waals surface area contributed by atoms with Crippen molar-refractivity contribution in [2.24, 2.45) is 0 Å². The third-order valence-corrected chi connectivity index (χ3v) is 4.53. The van der Waals surface area contributed by atoms with E-state index in [1.54, 1.807) is 7.11 Å². The number of aliphatic hydroxyl groups is 2. The van der Waals surface area contributed by atoms with Gasteiger partial charge in [-0.25, -0.2) is 0 Å². The van der Waals surface area contributed by atoms with Gasteiger partial charge in [0.25, 0.3) is 0 Å². The number of ether oxygens (including phenoxy) is 1. The quantitative estimate of drug-likeness (QED) is 0.753. The minimum absolute atomic E-state index is 0.130. The summed E-state index contributed by atoms with van der Waals surface area (Å²) in [6.45, 7) is 2.56. The number of hydrogen-bond acceptors (Lipinski definition) is 4. The number of aryl methyl sites for hydroxylation is 1. The van der Waals surface area contributed by atoms with E-state index in [1.165, 1.54) is 6.42 Å². The summed E-state index contributed by atoms with van der Waals surface area (Å²) in [4.78, 5) is 0. The maximum Gasteiger partial charge on any atom is 0.124 e. The molecule has 0 saturated heterocycles. The van der Waals surface area contributed by atoms with E-state index in [2.05, 4.69) is 5.32 Å². The van der Waals surface area contributed by atoms with Crippen molar-refractivity contribution in [3.05, 3.63) is 29.3 Å². The second-order valence-electron chi connectivity index (χ2n) is 6.14. The summed E-state index contributed by atoms with van der Waals surface area (Å²) in [5.74, 6) is 0.705. The van der Waals surface area contributed by atoms with E-state index in [0.717, 1.165) is 36.8 Å². The molecule has 1 aliphatic carbocycles. The van der Waals surface area contributed by atoms with Crippen LogP contribution in [-0.2, 0) is 0 Å². The average molecular weight is 293 g/mol. The van der Waals surface area contributed by atoms with E-state index < -0.39 is 6.10 Å². The van der Waals surface area contributed by atoms with E-state index in [-0.39, 0.29) is 12.1 Å². The molecule has 2 rings (SSSR count). The number of β-amino-alcohol motifs (C(OH)–C–C–N with tert-alkyl or cyclic N) is 1. The molecule has 0 aliphatic heterocycles. The molecule has 1 saturated carbocycles. The van der Waals surface area contributed by atoms with Crippen LogP contribution < -0.4 is 10.1 Å². The Bertz CT molecular complexity index is 455. The second kappa shape index (κ2) is 7.25. The maximum absolute atomic E-state index is 10.5. The first-order chi connectivity index (χ1) is 10.1. The summed E-state index contributed by atoms with van der Waals surface area (Å²) < 4.78 is 5.33. The molecule has 0 bridgehead atoms. The second-order valence-corrected chi connectivity index (χ2v) is 6.14. The summed E-state index contributed by atoms with van der Waals surface area (Å²) in [5.41, 5.74) is 1.67. The predicted molar refractivity (Wildman–Crippen MR) is 83.6 cm³/mol. The third-order valence-electron chi connectivity index (χ3n) is 4.53. The molecule has 118 valence electrons. The predicted octanol–water partition coefficient (Wildman–Crippen LogP) is 2.32. The molecule has 1 unspecified atom stereocenters. The molecule has 0 amide bonds. The number of aliphatic hydroxyl groups excluding tert-OH is 2. The number of methoxy groups -OCH3 is 1. The Morgan fingerprint density at radius 3 is 2.62 bits per heavy atom. The molecule has 0 spiro atoms. The molecule has 0 radical (unpaired) electrons. The van der Waals surface area contributed by atoms with Crippen LogP contribution in [0.25, 0.3) is 0 Å². The molecule has 0 heterocycles. The molecule has 1 aromatic carbocycles. The fourth-order valence-electron chi connectivity index (χ4n) is 3.16. The van der Waals surface area contributed by atoms with Gasteiger partial charge in [-0.2, -0.15) is 0 Å². The van der Waals surface area contributed by atoms with Gasteiger partial charge in [0.15, 0.2) is 0 Å². The Morgan fingerprint density at radius 1 is 1.29 bits per heavy atom. The molecular formula is C17H27NO3. The highest BCUT2D eigenvalue weighted by Gasteiger charge is 2.31. The fraction of sp³-hybridized carbons (Fsp3) is 0.647. The zero-order valence-corrected chi connectivity index (χ0v) is 13.1. The minimum Gasteiger partial charge on any atom is -0.496 e. The lowest BCUT2D eigenvalue weighted by atomic mass is 9.82. The summed E-state index contributed by atoms with van der Waals surface area (Å²) in [5, 5.41) is 23.6. The first kappa shape index (κ1) is 16.3. The Labute approximate surface area is 127 Å². The van der Waals surface area contributed by atoms with Gasteiger partial charge >= 0.3 is 0 Å². The van der Waals surface area contributed by atoms with Gasteiger partial charge in [-0.1, -0.05) is 30.9 Å². The molecule has 0 aromatic heterocycles. The molecular weight excluding hydrogens is 266 g/mol. The number of rotatable bonds is 6. The van der Waals surface area contributed by atoms with E-state index in [1.807, 2.05) is 25.1 Å². The lowest BCUT2D eigenvalue weighted by Gasteiger charge is -2.37. The van der Waals surface area contributed by atoms with Crippen molar-refractivity contribution in [3.8, 4) is 5.75 Å². The monoisotopic (exact) mass is 293 g/mol. The highest BCUT2D eigenvalue weighted by molar-refractivity contribution is 5.38. The van der Waals surface area contributed by atoms with Crippen molar-refractivity contribution < 1.29 is 14.9 Å². The van der Waals surface area contributed by atoms with Crippen LogP contribution in [0, 0.1) is 6.92 Å². The molecule has 3 N–H and O–H groups in total. The Kier molecular flexibility index (Phi) is 5.62. The van der Waals surface area contributed by atoms with Crippen molar-refractivity contribution in [1.82, 2.24) is 5.32 Å². The standard InChI is InChI=1S/C17H27NO3/c1-13-6-7-16(21-2)14(10-13)15(20)11-18-17(12-19)8-4-3-5-9-17/h6-7,10,15,18-20H,3-5,8-9,11-12H2,1-2H3. The van der Waals surface area contributed by atoms with Crippen LogP contribution in [0.4, 0.5) is 0 Å².